The number of hydrogen-bond acceptors (Lipinski definition) is 6. The smallest absolute Gasteiger partial charge is 0.255 e. The van der Waals surface area contributed by atoms with Gasteiger partial charge in [-0.15, -0.1) is 10.2 Å². The molecule has 0 aliphatic rings. The van der Waals surface area contributed by atoms with Crippen molar-refractivity contribution < 1.29 is 13.2 Å². The first-order valence-corrected chi connectivity index (χ1v) is 9.61. The molecule has 9 nitrogen and oxygen atoms in total. The largest absolute Gasteiger partial charge is 0.322 e. The molecule has 1 amide bonds. The highest BCUT2D eigenvalue weighted by Gasteiger charge is 2.15. The highest BCUT2D eigenvalue weighted by Crippen LogP contribution is 2.17. The van der Waals surface area contributed by atoms with Crippen molar-refractivity contribution >= 4 is 21.6 Å². The number of benzene rings is 2. The summed E-state index contributed by atoms with van der Waals surface area (Å²) in [6.45, 7) is 3.49. The molecule has 3 N–H and O–H groups in total. The number of carbonyl (C=O) groups is 1. The Morgan fingerprint density at radius 1 is 1.04 bits per heavy atom. The minimum Gasteiger partial charge on any atom is -0.322 e. The van der Waals surface area contributed by atoms with Gasteiger partial charge >= 0.3 is 0 Å². The maximum atomic E-state index is 12.3. The number of aromatic amines is 1. The zero-order valence-electron chi connectivity index (χ0n) is 14.7. The van der Waals surface area contributed by atoms with Crippen LogP contribution in [0.2, 0.25) is 0 Å². The molecule has 10 heteroatoms. The van der Waals surface area contributed by atoms with Gasteiger partial charge in [0.1, 0.15) is 0 Å². The number of tetrazole rings is 1. The topological polar surface area (TPSA) is 130 Å². The van der Waals surface area contributed by atoms with E-state index in [2.05, 4.69) is 30.7 Å². The second-order valence-electron chi connectivity index (χ2n) is 6.07. The van der Waals surface area contributed by atoms with Crippen molar-refractivity contribution in [2.24, 2.45) is 0 Å². The standard InChI is InChI=1S/C17H18N6O3S/c1-11(2)21-27(25,26)15-9-7-14(8-10-15)18-17(24)13-5-3-12(4-6-13)16-19-22-23-20-16/h3-11,21H,1-2H3,(H,18,24)(H,19,20,22,23). The summed E-state index contributed by atoms with van der Waals surface area (Å²) in [6, 6.07) is 12.5. The first-order valence-electron chi connectivity index (χ1n) is 8.13. The van der Waals surface area contributed by atoms with Crippen LogP contribution in [-0.4, -0.2) is 41.0 Å². The number of H-pyrrole nitrogens is 1. The molecule has 2 aromatic carbocycles. The SMILES string of the molecule is CC(C)NS(=O)(=O)c1ccc(NC(=O)c2ccc(-c3nn[nH]n3)cc2)cc1. The molecule has 0 aliphatic heterocycles. The van der Waals surface area contributed by atoms with Gasteiger partial charge in [0.25, 0.3) is 5.91 Å². The predicted molar refractivity (Wildman–Crippen MR) is 99.5 cm³/mol. The van der Waals surface area contributed by atoms with Gasteiger partial charge < -0.3 is 5.32 Å². The van der Waals surface area contributed by atoms with E-state index < -0.39 is 10.0 Å². The molecule has 0 radical (unpaired) electrons. The maximum absolute atomic E-state index is 12.3. The van der Waals surface area contributed by atoms with Gasteiger partial charge in [-0.25, -0.2) is 13.1 Å². The van der Waals surface area contributed by atoms with E-state index in [1.165, 1.54) is 12.1 Å². The highest BCUT2D eigenvalue weighted by molar-refractivity contribution is 7.89. The summed E-state index contributed by atoms with van der Waals surface area (Å²) < 4.78 is 26.7. The summed E-state index contributed by atoms with van der Waals surface area (Å²) in [4.78, 5) is 12.5. The Hall–Kier alpha value is -3.11. The zero-order valence-corrected chi connectivity index (χ0v) is 15.5. The van der Waals surface area contributed by atoms with Gasteiger partial charge in [-0.05, 0) is 55.5 Å². The summed E-state index contributed by atoms with van der Waals surface area (Å²) in [5.41, 5.74) is 1.67. The molecule has 0 bridgehead atoms. The fourth-order valence-electron chi connectivity index (χ4n) is 2.35. The van der Waals surface area contributed by atoms with Gasteiger partial charge in [0, 0.05) is 22.9 Å². The molecular weight excluding hydrogens is 368 g/mol. The Kier molecular flexibility index (Phi) is 5.28. The second kappa shape index (κ2) is 7.64. The molecule has 0 fully saturated rings. The molecule has 140 valence electrons. The van der Waals surface area contributed by atoms with Gasteiger partial charge in [-0.1, -0.05) is 12.1 Å². The van der Waals surface area contributed by atoms with Crippen LogP contribution >= 0.6 is 0 Å². The van der Waals surface area contributed by atoms with Gasteiger partial charge in [-0.2, -0.15) is 5.21 Å². The van der Waals surface area contributed by atoms with Crippen LogP contribution in [-0.2, 0) is 10.0 Å². The normalized spacial score (nSPS) is 11.5. The Labute approximate surface area is 156 Å². The number of carbonyl (C=O) groups excluding carboxylic acids is 1. The highest BCUT2D eigenvalue weighted by atomic mass is 32.2. The molecule has 0 unspecified atom stereocenters. The Morgan fingerprint density at radius 3 is 2.26 bits per heavy atom. The van der Waals surface area contributed by atoms with Crippen molar-refractivity contribution in [3.05, 3.63) is 54.1 Å². The van der Waals surface area contributed by atoms with Crippen LogP contribution in [0.1, 0.15) is 24.2 Å². The molecule has 0 aliphatic carbocycles. The minimum absolute atomic E-state index is 0.138. The van der Waals surface area contributed by atoms with Crippen molar-refractivity contribution in [1.29, 1.82) is 0 Å². The number of aromatic nitrogens is 4. The van der Waals surface area contributed by atoms with E-state index in [4.69, 9.17) is 0 Å². The first kappa shape index (κ1) is 18.7. The van der Waals surface area contributed by atoms with E-state index in [0.717, 1.165) is 5.56 Å². The number of amides is 1. The van der Waals surface area contributed by atoms with Gasteiger partial charge in [0.05, 0.1) is 4.90 Å². The quantitative estimate of drug-likeness (QED) is 0.592. The lowest BCUT2D eigenvalue weighted by Gasteiger charge is -2.10. The minimum atomic E-state index is -3.57. The molecule has 0 saturated carbocycles. The Balaban J connectivity index is 1.69. The predicted octanol–water partition coefficient (Wildman–Crippen LogP) is 1.81. The van der Waals surface area contributed by atoms with E-state index in [1.807, 2.05) is 0 Å². The molecule has 0 atom stereocenters. The van der Waals surface area contributed by atoms with Crippen LogP contribution in [0.25, 0.3) is 11.4 Å². The average molecular weight is 386 g/mol. The van der Waals surface area contributed by atoms with Crippen LogP contribution in [0.5, 0.6) is 0 Å². The fourth-order valence-corrected chi connectivity index (χ4v) is 3.60. The lowest BCUT2D eigenvalue weighted by atomic mass is 10.1. The Bertz CT molecular complexity index is 1010. The molecule has 1 heterocycles. The van der Waals surface area contributed by atoms with Crippen LogP contribution < -0.4 is 10.0 Å². The molecule has 1 aromatic heterocycles. The summed E-state index contributed by atoms with van der Waals surface area (Å²) >= 11 is 0. The summed E-state index contributed by atoms with van der Waals surface area (Å²) in [6.07, 6.45) is 0. The zero-order chi connectivity index (χ0) is 19.4. The molecule has 0 spiro atoms. The maximum Gasteiger partial charge on any atom is 0.255 e. The monoisotopic (exact) mass is 386 g/mol. The number of nitrogens with one attached hydrogen (secondary N) is 3. The number of anilines is 1. The van der Waals surface area contributed by atoms with Crippen molar-refractivity contribution in [2.45, 2.75) is 24.8 Å². The van der Waals surface area contributed by atoms with Gasteiger partial charge in [-0.3, -0.25) is 4.79 Å². The van der Waals surface area contributed by atoms with Crippen LogP contribution in [0.4, 0.5) is 5.69 Å². The third kappa shape index (κ3) is 4.54. The number of hydrogen-bond donors (Lipinski definition) is 3. The van der Waals surface area contributed by atoms with Gasteiger partial charge in [0.15, 0.2) is 0 Å². The van der Waals surface area contributed by atoms with Crippen LogP contribution in [0.3, 0.4) is 0 Å². The average Bonchev–Trinajstić information content (AvgIpc) is 3.16. The first-order chi connectivity index (χ1) is 12.8. The number of nitrogens with zero attached hydrogens (tertiary/aromatic N) is 3. The molecule has 27 heavy (non-hydrogen) atoms. The van der Waals surface area contributed by atoms with E-state index in [0.29, 0.717) is 17.1 Å². The van der Waals surface area contributed by atoms with Crippen molar-refractivity contribution in [1.82, 2.24) is 25.3 Å². The summed E-state index contributed by atoms with van der Waals surface area (Å²) in [5.74, 6) is 0.124. The summed E-state index contributed by atoms with van der Waals surface area (Å²) in [7, 11) is -3.57. The number of sulfonamides is 1. The summed E-state index contributed by atoms with van der Waals surface area (Å²) in [5, 5.41) is 16.3. The third-order valence-corrected chi connectivity index (χ3v) is 5.24. The second-order valence-corrected chi connectivity index (χ2v) is 7.78. The lowest BCUT2D eigenvalue weighted by molar-refractivity contribution is 0.102. The molecule has 3 aromatic rings. The van der Waals surface area contributed by atoms with Crippen molar-refractivity contribution in [2.75, 3.05) is 5.32 Å². The van der Waals surface area contributed by atoms with Crippen LogP contribution in [0.15, 0.2) is 53.4 Å². The van der Waals surface area contributed by atoms with Crippen LogP contribution in [0, 0.1) is 0 Å². The lowest BCUT2D eigenvalue weighted by Crippen LogP contribution is -2.30. The molecule has 0 saturated heterocycles. The Morgan fingerprint density at radius 2 is 1.70 bits per heavy atom. The molecular formula is C17H18N6O3S. The van der Waals surface area contributed by atoms with Crippen molar-refractivity contribution in [3.8, 4) is 11.4 Å². The third-order valence-electron chi connectivity index (χ3n) is 3.56. The van der Waals surface area contributed by atoms with Crippen molar-refractivity contribution in [3.63, 3.8) is 0 Å². The number of rotatable bonds is 6. The van der Waals surface area contributed by atoms with E-state index >= 15 is 0 Å². The van der Waals surface area contributed by atoms with E-state index in [1.54, 1.807) is 50.2 Å². The van der Waals surface area contributed by atoms with E-state index in [9.17, 15) is 13.2 Å². The fraction of sp³-hybridized carbons (Fsp3) is 0.176. The van der Waals surface area contributed by atoms with Gasteiger partial charge in [0.2, 0.25) is 15.8 Å². The van der Waals surface area contributed by atoms with E-state index in [-0.39, 0.29) is 16.8 Å². The molecule has 3 rings (SSSR count).